The van der Waals surface area contributed by atoms with Gasteiger partial charge in [-0.05, 0) is 55.0 Å². The van der Waals surface area contributed by atoms with Gasteiger partial charge >= 0.3 is 0 Å². The first-order chi connectivity index (χ1) is 14.7. The summed E-state index contributed by atoms with van der Waals surface area (Å²) < 4.78 is 18.3. The molecular formula is C26H29FN2O. The summed E-state index contributed by atoms with van der Waals surface area (Å²) in [4.78, 5) is 9.05. The summed E-state index contributed by atoms with van der Waals surface area (Å²) in [7, 11) is 0. The molecule has 0 fully saturated rings. The molecule has 1 heterocycles. The largest absolute Gasteiger partial charge is 0.490 e. The lowest BCUT2D eigenvalue weighted by Gasteiger charge is -2.07. The first-order valence-corrected chi connectivity index (χ1v) is 10.6. The van der Waals surface area contributed by atoms with E-state index in [1.165, 1.54) is 0 Å². The molecular weight excluding hydrogens is 375 g/mol. The minimum absolute atomic E-state index is 0.505. The fourth-order valence-electron chi connectivity index (χ4n) is 3.27. The van der Waals surface area contributed by atoms with Gasteiger partial charge in [0.1, 0.15) is 12.4 Å². The Kier molecular flexibility index (Phi) is 8.13. The summed E-state index contributed by atoms with van der Waals surface area (Å²) in [6.07, 6.45) is 9.44. The minimum atomic E-state index is -0.699. The maximum atomic E-state index is 12.8. The predicted octanol–water partition coefficient (Wildman–Crippen LogP) is 6.84. The summed E-state index contributed by atoms with van der Waals surface area (Å²) in [5.74, 6) is 1.56. The smallest absolute Gasteiger partial charge is 0.159 e. The molecule has 0 spiro atoms. The van der Waals surface area contributed by atoms with Crippen LogP contribution >= 0.6 is 0 Å². The number of hydrogen-bond donors (Lipinski definition) is 0. The van der Waals surface area contributed by atoms with Crippen molar-refractivity contribution in [2.24, 2.45) is 0 Å². The van der Waals surface area contributed by atoms with Gasteiger partial charge in [0.15, 0.2) is 5.82 Å². The molecule has 4 heteroatoms. The van der Waals surface area contributed by atoms with E-state index in [-0.39, 0.29) is 0 Å². The van der Waals surface area contributed by atoms with Gasteiger partial charge in [-0.1, -0.05) is 61.9 Å². The highest BCUT2D eigenvalue weighted by atomic mass is 19.1. The summed E-state index contributed by atoms with van der Waals surface area (Å²) >= 11 is 0. The number of halogens is 1. The van der Waals surface area contributed by atoms with Crippen LogP contribution in [0.4, 0.5) is 4.39 Å². The molecule has 0 bridgehead atoms. The Balaban J connectivity index is 1.56. The lowest BCUT2D eigenvalue weighted by molar-refractivity contribution is 0.330. The normalized spacial score (nSPS) is 11.8. The van der Waals surface area contributed by atoms with E-state index >= 15 is 0 Å². The molecule has 0 aliphatic heterocycles. The summed E-state index contributed by atoms with van der Waals surface area (Å²) in [6, 6.07) is 16.3. The van der Waals surface area contributed by atoms with Crippen molar-refractivity contribution < 1.29 is 9.13 Å². The van der Waals surface area contributed by atoms with Crippen molar-refractivity contribution in [1.82, 2.24) is 9.97 Å². The molecule has 3 rings (SSSR count). The van der Waals surface area contributed by atoms with E-state index in [1.807, 2.05) is 48.8 Å². The second kappa shape index (κ2) is 11.2. The third-order valence-corrected chi connectivity index (χ3v) is 4.97. The number of aromatic nitrogens is 2. The number of aryl methyl sites for hydroxylation is 1. The Bertz CT molecular complexity index is 903. The number of ether oxygens (including phenoxy) is 1. The second-order valence-corrected chi connectivity index (χ2v) is 7.50. The van der Waals surface area contributed by atoms with Crippen LogP contribution in [-0.4, -0.2) is 22.7 Å². The Labute approximate surface area is 178 Å². The van der Waals surface area contributed by atoms with E-state index in [1.54, 1.807) is 13.0 Å². The number of benzene rings is 2. The molecule has 3 aromatic rings. The monoisotopic (exact) mass is 404 g/mol. The van der Waals surface area contributed by atoms with E-state index in [0.717, 1.165) is 59.5 Å². The van der Waals surface area contributed by atoms with Gasteiger partial charge in [-0.15, -0.1) is 0 Å². The highest BCUT2D eigenvalue weighted by Crippen LogP contribution is 2.25. The van der Waals surface area contributed by atoms with E-state index in [2.05, 4.69) is 28.7 Å². The first kappa shape index (κ1) is 21.7. The van der Waals surface area contributed by atoms with Crippen LogP contribution in [0.1, 0.15) is 38.2 Å². The average molecular weight is 405 g/mol. The van der Waals surface area contributed by atoms with Gasteiger partial charge < -0.3 is 4.74 Å². The first-order valence-electron chi connectivity index (χ1n) is 10.6. The van der Waals surface area contributed by atoms with Crippen LogP contribution in [0.5, 0.6) is 5.75 Å². The van der Waals surface area contributed by atoms with Crippen molar-refractivity contribution >= 4 is 0 Å². The molecule has 3 nitrogen and oxygen atoms in total. The number of nitrogens with zero attached hydrogens (tertiary/aromatic N) is 2. The van der Waals surface area contributed by atoms with Crippen molar-refractivity contribution in [2.75, 3.05) is 6.61 Å². The maximum absolute atomic E-state index is 12.8. The highest BCUT2D eigenvalue weighted by molar-refractivity contribution is 5.68. The highest BCUT2D eigenvalue weighted by Gasteiger charge is 2.04. The second-order valence-electron chi connectivity index (χ2n) is 7.50. The number of alkyl halides is 1. The zero-order valence-electron chi connectivity index (χ0n) is 17.6. The molecule has 0 radical (unpaired) electrons. The molecule has 0 aliphatic rings. The molecule has 30 heavy (non-hydrogen) atoms. The molecule has 0 saturated heterocycles. The zero-order chi connectivity index (χ0) is 21.2. The standard InChI is InChI=1S/C26H29FN2O/c1-3-17-30-25-15-13-23(14-16-25)22-9-11-24(12-10-22)26-28-18-21(19-29-26)8-6-4-5-7-20(2)27/h3,9-16,18-20H,1,4-8,17H2,2H3. The zero-order valence-corrected chi connectivity index (χ0v) is 17.6. The van der Waals surface area contributed by atoms with Crippen LogP contribution in [-0.2, 0) is 6.42 Å². The van der Waals surface area contributed by atoms with Gasteiger partial charge in [0.05, 0.1) is 6.17 Å². The lowest BCUT2D eigenvalue weighted by atomic mass is 10.0. The van der Waals surface area contributed by atoms with Gasteiger partial charge in [0.2, 0.25) is 0 Å². The Morgan fingerprint density at radius 3 is 2.10 bits per heavy atom. The molecule has 156 valence electrons. The van der Waals surface area contributed by atoms with Gasteiger partial charge in [-0.3, -0.25) is 0 Å². The lowest BCUT2D eigenvalue weighted by Crippen LogP contribution is -1.95. The fraction of sp³-hybridized carbons (Fsp3) is 0.308. The van der Waals surface area contributed by atoms with Crippen LogP contribution in [0, 0.1) is 0 Å². The van der Waals surface area contributed by atoms with Crippen molar-refractivity contribution in [3.8, 4) is 28.3 Å². The van der Waals surface area contributed by atoms with Gasteiger partial charge in [-0.2, -0.15) is 0 Å². The van der Waals surface area contributed by atoms with Crippen LogP contribution in [0.15, 0.2) is 73.6 Å². The number of rotatable bonds is 11. The third-order valence-electron chi connectivity index (χ3n) is 4.97. The van der Waals surface area contributed by atoms with Gasteiger partial charge in [0, 0.05) is 18.0 Å². The minimum Gasteiger partial charge on any atom is -0.490 e. The summed E-state index contributed by atoms with van der Waals surface area (Å²) in [5.41, 5.74) is 4.38. The van der Waals surface area contributed by atoms with Crippen molar-refractivity contribution in [3.05, 3.63) is 79.1 Å². The maximum Gasteiger partial charge on any atom is 0.159 e. The average Bonchev–Trinajstić information content (AvgIpc) is 2.78. The molecule has 1 aromatic heterocycles. The summed E-state index contributed by atoms with van der Waals surface area (Å²) in [5, 5.41) is 0. The van der Waals surface area contributed by atoms with Crippen molar-refractivity contribution in [1.29, 1.82) is 0 Å². The topological polar surface area (TPSA) is 35.0 Å². The third kappa shape index (κ3) is 6.51. The molecule has 1 unspecified atom stereocenters. The van der Waals surface area contributed by atoms with Gasteiger partial charge in [0.25, 0.3) is 0 Å². The van der Waals surface area contributed by atoms with Crippen LogP contribution in [0.3, 0.4) is 0 Å². The number of hydrogen-bond acceptors (Lipinski definition) is 3. The van der Waals surface area contributed by atoms with Crippen LogP contribution in [0.2, 0.25) is 0 Å². The van der Waals surface area contributed by atoms with E-state index < -0.39 is 6.17 Å². The Morgan fingerprint density at radius 1 is 0.900 bits per heavy atom. The fourth-order valence-corrected chi connectivity index (χ4v) is 3.27. The summed E-state index contributed by atoms with van der Waals surface area (Å²) in [6.45, 7) is 5.78. The molecule has 0 amide bonds. The van der Waals surface area contributed by atoms with Gasteiger partial charge in [-0.25, -0.2) is 14.4 Å². The van der Waals surface area contributed by atoms with E-state index in [0.29, 0.717) is 13.0 Å². The molecule has 1 atom stereocenters. The molecule has 0 saturated carbocycles. The Hall–Kier alpha value is -3.01. The predicted molar refractivity (Wildman–Crippen MR) is 121 cm³/mol. The SMILES string of the molecule is C=CCOc1ccc(-c2ccc(-c3ncc(CCCCCC(C)F)cn3)cc2)cc1. The van der Waals surface area contributed by atoms with Crippen molar-refractivity contribution in [2.45, 2.75) is 45.2 Å². The van der Waals surface area contributed by atoms with Crippen LogP contribution in [0.25, 0.3) is 22.5 Å². The van der Waals surface area contributed by atoms with E-state index in [4.69, 9.17) is 4.74 Å². The van der Waals surface area contributed by atoms with E-state index in [9.17, 15) is 4.39 Å². The van der Waals surface area contributed by atoms with Crippen LogP contribution < -0.4 is 4.74 Å². The Morgan fingerprint density at radius 2 is 1.50 bits per heavy atom. The number of unbranched alkanes of at least 4 members (excludes halogenated alkanes) is 2. The molecule has 2 aromatic carbocycles. The molecule has 0 aliphatic carbocycles. The molecule has 0 N–H and O–H groups in total. The quantitative estimate of drug-likeness (QED) is 0.259. The van der Waals surface area contributed by atoms with Crippen molar-refractivity contribution in [3.63, 3.8) is 0 Å².